The van der Waals surface area contributed by atoms with Crippen molar-refractivity contribution in [3.05, 3.63) is 58.6 Å². The molecule has 4 heteroatoms. The average Bonchev–Trinajstić information content (AvgIpc) is 2.52. The number of hydrogen-bond donors (Lipinski definition) is 1. The number of methoxy groups -OCH3 is 1. The molecule has 2 N–H and O–H groups in total. The van der Waals surface area contributed by atoms with Gasteiger partial charge in [-0.2, -0.15) is 0 Å². The Balaban J connectivity index is 2.04. The summed E-state index contributed by atoms with van der Waals surface area (Å²) in [5.74, 6) is 1.56. The first-order chi connectivity index (χ1) is 10.1. The van der Waals surface area contributed by atoms with Crippen LogP contribution in [-0.2, 0) is 6.61 Å². The molecule has 0 saturated heterocycles. The van der Waals surface area contributed by atoms with Crippen LogP contribution in [-0.4, -0.2) is 7.11 Å². The first kappa shape index (κ1) is 15.7. The molecular formula is C17H20ClNO2. The summed E-state index contributed by atoms with van der Waals surface area (Å²) in [7, 11) is 1.63. The SMILES string of the molecule is CCC(N)c1ccc(OCc2cc(Cl)ccc2OC)cc1. The Labute approximate surface area is 130 Å². The molecule has 0 amide bonds. The normalized spacial score (nSPS) is 12.0. The van der Waals surface area contributed by atoms with Crippen LogP contribution in [0.4, 0.5) is 0 Å². The summed E-state index contributed by atoms with van der Waals surface area (Å²) in [5.41, 5.74) is 8.02. The number of benzene rings is 2. The number of halogens is 1. The Kier molecular flexibility index (Phi) is 5.48. The van der Waals surface area contributed by atoms with Crippen molar-refractivity contribution in [2.45, 2.75) is 26.0 Å². The molecule has 0 aliphatic carbocycles. The van der Waals surface area contributed by atoms with E-state index in [4.69, 9.17) is 26.8 Å². The van der Waals surface area contributed by atoms with E-state index in [2.05, 4.69) is 6.92 Å². The Morgan fingerprint density at radius 3 is 2.48 bits per heavy atom. The van der Waals surface area contributed by atoms with Crippen LogP contribution in [0.15, 0.2) is 42.5 Å². The summed E-state index contributed by atoms with van der Waals surface area (Å²) >= 11 is 6.00. The Bertz CT molecular complexity index is 584. The fourth-order valence-electron chi connectivity index (χ4n) is 2.07. The second kappa shape index (κ2) is 7.34. The predicted molar refractivity (Wildman–Crippen MR) is 86.0 cm³/mol. The summed E-state index contributed by atoms with van der Waals surface area (Å²) in [6, 6.07) is 13.4. The fraction of sp³-hybridized carbons (Fsp3) is 0.294. The maximum absolute atomic E-state index is 6.00. The Morgan fingerprint density at radius 2 is 1.86 bits per heavy atom. The molecule has 0 saturated carbocycles. The van der Waals surface area contributed by atoms with Crippen molar-refractivity contribution in [3.63, 3.8) is 0 Å². The number of rotatable bonds is 6. The van der Waals surface area contributed by atoms with Crippen molar-refractivity contribution < 1.29 is 9.47 Å². The first-order valence-electron chi connectivity index (χ1n) is 6.94. The van der Waals surface area contributed by atoms with E-state index in [0.29, 0.717) is 11.6 Å². The minimum absolute atomic E-state index is 0.0760. The maximum Gasteiger partial charge on any atom is 0.125 e. The van der Waals surface area contributed by atoms with E-state index in [-0.39, 0.29) is 6.04 Å². The quantitative estimate of drug-likeness (QED) is 0.863. The van der Waals surface area contributed by atoms with Crippen LogP contribution in [0.5, 0.6) is 11.5 Å². The molecular weight excluding hydrogens is 286 g/mol. The summed E-state index contributed by atoms with van der Waals surface area (Å²) in [5, 5.41) is 0.665. The zero-order chi connectivity index (χ0) is 15.2. The molecule has 0 bridgehead atoms. The number of ether oxygens (including phenoxy) is 2. The van der Waals surface area contributed by atoms with Gasteiger partial charge in [0.05, 0.1) is 7.11 Å². The smallest absolute Gasteiger partial charge is 0.125 e. The van der Waals surface area contributed by atoms with Gasteiger partial charge in [-0.1, -0.05) is 30.7 Å². The third-order valence-corrected chi connectivity index (χ3v) is 3.62. The van der Waals surface area contributed by atoms with E-state index in [1.165, 1.54) is 0 Å². The molecule has 1 unspecified atom stereocenters. The Morgan fingerprint density at radius 1 is 1.14 bits per heavy atom. The highest BCUT2D eigenvalue weighted by Gasteiger charge is 2.06. The summed E-state index contributed by atoms with van der Waals surface area (Å²) in [6.45, 7) is 2.48. The Hall–Kier alpha value is -1.71. The van der Waals surface area contributed by atoms with Gasteiger partial charge in [-0.05, 0) is 42.3 Å². The lowest BCUT2D eigenvalue weighted by Crippen LogP contribution is -2.08. The molecule has 0 aromatic heterocycles. The predicted octanol–water partition coefficient (Wildman–Crippen LogP) is 4.34. The fourth-order valence-corrected chi connectivity index (χ4v) is 2.26. The van der Waals surface area contributed by atoms with E-state index >= 15 is 0 Å². The lowest BCUT2D eigenvalue weighted by atomic mass is 10.1. The number of hydrogen-bond acceptors (Lipinski definition) is 3. The molecule has 21 heavy (non-hydrogen) atoms. The minimum Gasteiger partial charge on any atom is -0.496 e. The van der Waals surface area contributed by atoms with E-state index < -0.39 is 0 Å². The molecule has 0 radical (unpaired) electrons. The lowest BCUT2D eigenvalue weighted by molar-refractivity contribution is 0.296. The van der Waals surface area contributed by atoms with E-state index in [0.717, 1.165) is 29.0 Å². The zero-order valence-corrected chi connectivity index (χ0v) is 13.1. The highest BCUT2D eigenvalue weighted by Crippen LogP contribution is 2.25. The molecule has 0 heterocycles. The largest absolute Gasteiger partial charge is 0.496 e. The summed E-state index contributed by atoms with van der Waals surface area (Å²) in [4.78, 5) is 0. The van der Waals surface area contributed by atoms with Crippen LogP contribution in [0.25, 0.3) is 0 Å². The highest BCUT2D eigenvalue weighted by molar-refractivity contribution is 6.30. The van der Waals surface area contributed by atoms with E-state index in [9.17, 15) is 0 Å². The van der Waals surface area contributed by atoms with Crippen LogP contribution in [0.1, 0.15) is 30.5 Å². The topological polar surface area (TPSA) is 44.5 Å². The molecule has 0 aliphatic rings. The maximum atomic E-state index is 6.00. The standard InChI is InChI=1S/C17H20ClNO2/c1-3-16(19)12-4-7-15(8-5-12)21-11-13-10-14(18)6-9-17(13)20-2/h4-10,16H,3,11,19H2,1-2H3. The molecule has 3 nitrogen and oxygen atoms in total. The van der Waals surface area contributed by atoms with Crippen LogP contribution in [0.3, 0.4) is 0 Å². The third kappa shape index (κ3) is 4.13. The highest BCUT2D eigenvalue weighted by atomic mass is 35.5. The van der Waals surface area contributed by atoms with Crippen molar-refractivity contribution in [1.82, 2.24) is 0 Å². The molecule has 2 aromatic rings. The first-order valence-corrected chi connectivity index (χ1v) is 7.32. The van der Waals surface area contributed by atoms with Gasteiger partial charge in [-0.25, -0.2) is 0 Å². The van der Waals surface area contributed by atoms with Gasteiger partial charge in [0.1, 0.15) is 18.1 Å². The van der Waals surface area contributed by atoms with E-state index in [1.54, 1.807) is 13.2 Å². The average molecular weight is 306 g/mol. The molecule has 112 valence electrons. The van der Waals surface area contributed by atoms with Crippen molar-refractivity contribution in [3.8, 4) is 11.5 Å². The molecule has 0 aliphatic heterocycles. The molecule has 2 aromatic carbocycles. The second-order valence-electron chi connectivity index (χ2n) is 4.83. The van der Waals surface area contributed by atoms with Crippen molar-refractivity contribution in [1.29, 1.82) is 0 Å². The van der Waals surface area contributed by atoms with Crippen LogP contribution in [0, 0.1) is 0 Å². The van der Waals surface area contributed by atoms with Crippen LogP contribution >= 0.6 is 11.6 Å². The van der Waals surface area contributed by atoms with Crippen LogP contribution in [0.2, 0.25) is 5.02 Å². The van der Waals surface area contributed by atoms with Gasteiger partial charge >= 0.3 is 0 Å². The molecule has 0 fully saturated rings. The van der Waals surface area contributed by atoms with Gasteiger partial charge in [-0.15, -0.1) is 0 Å². The van der Waals surface area contributed by atoms with E-state index in [1.807, 2.05) is 36.4 Å². The van der Waals surface area contributed by atoms with Crippen molar-refractivity contribution in [2.24, 2.45) is 5.73 Å². The van der Waals surface area contributed by atoms with Gasteiger partial charge in [0.15, 0.2) is 0 Å². The minimum atomic E-state index is 0.0760. The van der Waals surface area contributed by atoms with Crippen LogP contribution < -0.4 is 15.2 Å². The zero-order valence-electron chi connectivity index (χ0n) is 12.3. The van der Waals surface area contributed by atoms with Gasteiger partial charge < -0.3 is 15.2 Å². The van der Waals surface area contributed by atoms with Gasteiger partial charge in [-0.3, -0.25) is 0 Å². The monoisotopic (exact) mass is 305 g/mol. The number of nitrogens with two attached hydrogens (primary N) is 1. The van der Waals surface area contributed by atoms with Gasteiger partial charge in [0, 0.05) is 16.6 Å². The van der Waals surface area contributed by atoms with Gasteiger partial charge in [0.25, 0.3) is 0 Å². The summed E-state index contributed by atoms with van der Waals surface area (Å²) in [6.07, 6.45) is 0.917. The second-order valence-corrected chi connectivity index (χ2v) is 5.27. The van der Waals surface area contributed by atoms with Gasteiger partial charge in [0.2, 0.25) is 0 Å². The summed E-state index contributed by atoms with van der Waals surface area (Å²) < 4.78 is 11.1. The third-order valence-electron chi connectivity index (χ3n) is 3.38. The molecule has 1 atom stereocenters. The lowest BCUT2D eigenvalue weighted by Gasteiger charge is -2.12. The molecule has 2 rings (SSSR count). The van der Waals surface area contributed by atoms with Crippen molar-refractivity contribution >= 4 is 11.6 Å². The molecule has 0 spiro atoms. The van der Waals surface area contributed by atoms with Crippen molar-refractivity contribution in [2.75, 3.05) is 7.11 Å².